The molecule has 2 aromatic carbocycles. The quantitative estimate of drug-likeness (QED) is 0.752. The van der Waals surface area contributed by atoms with Gasteiger partial charge in [-0.3, -0.25) is 0 Å². The molecule has 0 aliphatic heterocycles. The van der Waals surface area contributed by atoms with Gasteiger partial charge in [0.2, 0.25) is 0 Å². The Balaban J connectivity index is 0.00000288. The average Bonchev–Trinajstić information content (AvgIpc) is 2.59. The number of nitriles is 1. The summed E-state index contributed by atoms with van der Waals surface area (Å²) in [4.78, 5) is 2.15. The van der Waals surface area contributed by atoms with Crippen LogP contribution < -0.4 is 4.74 Å². The summed E-state index contributed by atoms with van der Waals surface area (Å²) < 4.78 is 5.54. The number of halogens is 1. The standard InChI is InChI=1S/C20H24N2O.ClH/c1-22(2)15-9-14-20(16-21,17-10-5-4-6-11-17)18-12-7-8-13-19(18)23-3;/h4-8,10-13H,9,14-15H2,1-3H3;1H. The number of para-hydroxylation sites is 1. The molecular formula is C20H25ClN2O. The molecule has 1 atom stereocenters. The Morgan fingerprint density at radius 2 is 1.67 bits per heavy atom. The number of rotatable bonds is 7. The Bertz CT molecular complexity index is 667. The van der Waals surface area contributed by atoms with Crippen LogP contribution in [-0.4, -0.2) is 32.6 Å². The van der Waals surface area contributed by atoms with Gasteiger partial charge in [-0.25, -0.2) is 0 Å². The summed E-state index contributed by atoms with van der Waals surface area (Å²) in [6.07, 6.45) is 1.69. The minimum atomic E-state index is -0.691. The fourth-order valence-electron chi connectivity index (χ4n) is 3.00. The summed E-state index contributed by atoms with van der Waals surface area (Å²) in [6.45, 7) is 0.950. The van der Waals surface area contributed by atoms with Gasteiger partial charge in [-0.05, 0) is 45.1 Å². The van der Waals surface area contributed by atoms with E-state index >= 15 is 0 Å². The van der Waals surface area contributed by atoms with E-state index in [0.29, 0.717) is 0 Å². The molecule has 0 aromatic heterocycles. The number of methoxy groups -OCH3 is 1. The normalized spacial score (nSPS) is 12.8. The van der Waals surface area contributed by atoms with Gasteiger partial charge in [0.05, 0.1) is 13.2 Å². The van der Waals surface area contributed by atoms with Crippen LogP contribution in [-0.2, 0) is 5.41 Å². The SMILES string of the molecule is COc1ccccc1C(C#N)(CCCN(C)C)c1ccccc1.Cl. The molecule has 0 saturated heterocycles. The molecule has 0 saturated carbocycles. The Kier molecular flexibility index (Phi) is 7.78. The highest BCUT2D eigenvalue weighted by atomic mass is 35.5. The maximum atomic E-state index is 10.1. The second kappa shape index (κ2) is 9.32. The topological polar surface area (TPSA) is 36.3 Å². The van der Waals surface area contributed by atoms with Crippen LogP contribution in [0.4, 0.5) is 0 Å². The number of benzene rings is 2. The van der Waals surface area contributed by atoms with Crippen molar-refractivity contribution in [3.05, 3.63) is 65.7 Å². The van der Waals surface area contributed by atoms with Crippen molar-refractivity contribution < 1.29 is 4.74 Å². The molecule has 0 bridgehead atoms. The van der Waals surface area contributed by atoms with Gasteiger partial charge in [0.25, 0.3) is 0 Å². The minimum Gasteiger partial charge on any atom is -0.496 e. The number of ether oxygens (including phenoxy) is 1. The van der Waals surface area contributed by atoms with Crippen LogP contribution in [0.1, 0.15) is 24.0 Å². The van der Waals surface area contributed by atoms with Gasteiger partial charge < -0.3 is 9.64 Å². The van der Waals surface area contributed by atoms with E-state index < -0.39 is 5.41 Å². The Labute approximate surface area is 151 Å². The maximum Gasteiger partial charge on any atom is 0.124 e. The Morgan fingerprint density at radius 3 is 2.25 bits per heavy atom. The first-order valence-corrected chi connectivity index (χ1v) is 7.89. The number of hydrogen-bond donors (Lipinski definition) is 0. The fraction of sp³-hybridized carbons (Fsp3) is 0.350. The zero-order valence-electron chi connectivity index (χ0n) is 14.5. The van der Waals surface area contributed by atoms with Crippen LogP contribution in [0.25, 0.3) is 0 Å². The smallest absolute Gasteiger partial charge is 0.124 e. The predicted molar refractivity (Wildman–Crippen MR) is 101 cm³/mol. The van der Waals surface area contributed by atoms with Crippen molar-refractivity contribution in [2.24, 2.45) is 0 Å². The third kappa shape index (κ3) is 4.29. The van der Waals surface area contributed by atoms with Crippen molar-refractivity contribution in [1.82, 2.24) is 4.90 Å². The summed E-state index contributed by atoms with van der Waals surface area (Å²) in [5.41, 5.74) is 1.27. The molecule has 2 rings (SSSR count). The van der Waals surface area contributed by atoms with E-state index in [2.05, 4.69) is 25.1 Å². The van der Waals surface area contributed by atoms with Crippen molar-refractivity contribution in [1.29, 1.82) is 5.26 Å². The summed E-state index contributed by atoms with van der Waals surface area (Å²) >= 11 is 0. The number of nitrogens with zero attached hydrogens (tertiary/aromatic N) is 2. The lowest BCUT2D eigenvalue weighted by atomic mass is 9.72. The summed E-state index contributed by atoms with van der Waals surface area (Å²) in [7, 11) is 5.77. The van der Waals surface area contributed by atoms with E-state index in [1.165, 1.54) is 0 Å². The van der Waals surface area contributed by atoms with Crippen molar-refractivity contribution in [3.63, 3.8) is 0 Å². The molecule has 128 valence electrons. The first-order valence-electron chi connectivity index (χ1n) is 7.89. The molecule has 0 N–H and O–H groups in total. The van der Waals surface area contributed by atoms with Crippen LogP contribution in [0.15, 0.2) is 54.6 Å². The Morgan fingerprint density at radius 1 is 1.04 bits per heavy atom. The molecule has 0 fully saturated rings. The third-order valence-corrected chi connectivity index (χ3v) is 4.18. The summed E-state index contributed by atoms with van der Waals surface area (Å²) in [5.74, 6) is 0.766. The highest BCUT2D eigenvalue weighted by Gasteiger charge is 2.36. The van der Waals surface area contributed by atoms with Crippen molar-refractivity contribution in [3.8, 4) is 11.8 Å². The van der Waals surface area contributed by atoms with Gasteiger partial charge in [0.15, 0.2) is 0 Å². The second-order valence-corrected chi connectivity index (χ2v) is 5.99. The monoisotopic (exact) mass is 344 g/mol. The van der Waals surface area contributed by atoms with E-state index in [1.807, 2.05) is 54.6 Å². The maximum absolute atomic E-state index is 10.1. The lowest BCUT2D eigenvalue weighted by molar-refractivity contribution is 0.370. The Hall–Kier alpha value is -2.02. The van der Waals surface area contributed by atoms with Gasteiger partial charge >= 0.3 is 0 Å². The molecule has 0 amide bonds. The summed E-state index contributed by atoms with van der Waals surface area (Å²) in [6, 6.07) is 20.5. The van der Waals surface area contributed by atoms with Gasteiger partial charge in [0, 0.05) is 5.56 Å². The van der Waals surface area contributed by atoms with Crippen LogP contribution in [0.5, 0.6) is 5.75 Å². The molecule has 0 aliphatic rings. The van der Waals surface area contributed by atoms with E-state index in [0.717, 1.165) is 36.3 Å². The third-order valence-electron chi connectivity index (χ3n) is 4.18. The highest BCUT2D eigenvalue weighted by molar-refractivity contribution is 5.85. The summed E-state index contributed by atoms with van der Waals surface area (Å²) in [5, 5.41) is 10.1. The van der Waals surface area contributed by atoms with E-state index in [9.17, 15) is 5.26 Å². The number of hydrogen-bond acceptors (Lipinski definition) is 3. The van der Waals surface area contributed by atoms with Crippen molar-refractivity contribution in [2.75, 3.05) is 27.7 Å². The van der Waals surface area contributed by atoms with Crippen LogP contribution in [0, 0.1) is 11.3 Å². The first kappa shape index (κ1) is 20.0. The average molecular weight is 345 g/mol. The van der Waals surface area contributed by atoms with Gasteiger partial charge in [-0.2, -0.15) is 5.26 Å². The van der Waals surface area contributed by atoms with Gasteiger partial charge in [-0.15, -0.1) is 12.4 Å². The lowest BCUT2D eigenvalue weighted by Gasteiger charge is -2.30. The largest absolute Gasteiger partial charge is 0.496 e. The van der Waals surface area contributed by atoms with Crippen molar-refractivity contribution in [2.45, 2.75) is 18.3 Å². The first-order chi connectivity index (χ1) is 11.1. The van der Waals surface area contributed by atoms with Crippen LogP contribution in [0.2, 0.25) is 0 Å². The predicted octanol–water partition coefficient (Wildman–Crippen LogP) is 4.27. The molecule has 0 spiro atoms. The molecule has 0 heterocycles. The molecule has 4 heteroatoms. The molecule has 1 unspecified atom stereocenters. The van der Waals surface area contributed by atoms with Gasteiger partial charge in [0.1, 0.15) is 11.2 Å². The molecule has 0 radical (unpaired) electrons. The van der Waals surface area contributed by atoms with Crippen LogP contribution in [0.3, 0.4) is 0 Å². The van der Waals surface area contributed by atoms with Crippen molar-refractivity contribution >= 4 is 12.4 Å². The molecular weight excluding hydrogens is 320 g/mol. The van der Waals surface area contributed by atoms with Crippen LogP contribution >= 0.6 is 12.4 Å². The molecule has 0 aliphatic carbocycles. The molecule has 24 heavy (non-hydrogen) atoms. The van der Waals surface area contributed by atoms with E-state index in [-0.39, 0.29) is 12.4 Å². The zero-order chi connectivity index (χ0) is 16.7. The minimum absolute atomic E-state index is 0. The fourth-order valence-corrected chi connectivity index (χ4v) is 3.00. The lowest BCUT2D eigenvalue weighted by Crippen LogP contribution is -2.28. The zero-order valence-corrected chi connectivity index (χ0v) is 15.3. The van der Waals surface area contributed by atoms with E-state index in [1.54, 1.807) is 7.11 Å². The highest BCUT2D eigenvalue weighted by Crippen LogP contribution is 2.40. The van der Waals surface area contributed by atoms with E-state index in [4.69, 9.17) is 4.74 Å². The van der Waals surface area contributed by atoms with Gasteiger partial charge in [-0.1, -0.05) is 48.5 Å². The molecule has 3 nitrogen and oxygen atoms in total. The second-order valence-electron chi connectivity index (χ2n) is 5.99. The molecule has 2 aromatic rings.